The minimum absolute atomic E-state index is 0.0190. The molecule has 0 amide bonds. The molecule has 3 rings (SSSR count). The molecule has 0 saturated carbocycles. The fraction of sp³-hybridized carbons (Fsp3) is 0.571. The van der Waals surface area contributed by atoms with Crippen LogP contribution >= 0.6 is 0 Å². The first-order valence-electron chi connectivity index (χ1n) is 7.39. The number of para-hydroxylation sites is 1. The van der Waals surface area contributed by atoms with Crippen LogP contribution in [0, 0.1) is 15.5 Å². The van der Waals surface area contributed by atoms with Gasteiger partial charge in [-0.05, 0) is 37.3 Å². The molecule has 1 N–H and O–H groups in total. The predicted octanol–water partition coefficient (Wildman–Crippen LogP) is 1.36. The van der Waals surface area contributed by atoms with Crippen LogP contribution in [0.1, 0.15) is 19.3 Å². The average molecular weight is 325 g/mol. The molecule has 2 fully saturated rings. The highest BCUT2D eigenvalue weighted by Gasteiger charge is 2.44. The van der Waals surface area contributed by atoms with Gasteiger partial charge in [-0.2, -0.15) is 4.31 Å². The van der Waals surface area contributed by atoms with Crippen LogP contribution in [0.2, 0.25) is 0 Å². The molecule has 1 aromatic carbocycles. The van der Waals surface area contributed by atoms with Crippen LogP contribution in [0.4, 0.5) is 5.69 Å². The largest absolute Gasteiger partial charge is 0.316 e. The maximum atomic E-state index is 12.8. The molecule has 7 nitrogen and oxygen atoms in total. The molecule has 0 radical (unpaired) electrons. The Hall–Kier alpha value is -1.51. The second kappa shape index (κ2) is 5.60. The summed E-state index contributed by atoms with van der Waals surface area (Å²) in [4.78, 5) is 10.2. The number of nitro benzene ring substituents is 1. The molecular weight excluding hydrogens is 306 g/mol. The zero-order valence-electron chi connectivity index (χ0n) is 12.2. The van der Waals surface area contributed by atoms with Crippen molar-refractivity contribution in [2.75, 3.05) is 26.2 Å². The third-order valence-corrected chi connectivity index (χ3v) is 6.54. The minimum Gasteiger partial charge on any atom is -0.316 e. The topological polar surface area (TPSA) is 92.5 Å². The normalized spacial score (nSPS) is 26.4. The number of nitrogens with zero attached hydrogens (tertiary/aromatic N) is 2. The van der Waals surface area contributed by atoms with Crippen LogP contribution in [-0.2, 0) is 10.0 Å². The van der Waals surface area contributed by atoms with Crippen molar-refractivity contribution in [2.45, 2.75) is 24.2 Å². The number of hydrogen-bond acceptors (Lipinski definition) is 5. The van der Waals surface area contributed by atoms with Gasteiger partial charge in [-0.15, -0.1) is 0 Å². The lowest BCUT2D eigenvalue weighted by atomic mass is 9.80. The predicted molar refractivity (Wildman–Crippen MR) is 81.0 cm³/mol. The quantitative estimate of drug-likeness (QED) is 0.669. The molecule has 1 unspecified atom stereocenters. The summed E-state index contributed by atoms with van der Waals surface area (Å²) in [6.45, 7) is 2.65. The number of nitro groups is 1. The van der Waals surface area contributed by atoms with E-state index in [0.717, 1.165) is 32.4 Å². The van der Waals surface area contributed by atoms with Gasteiger partial charge < -0.3 is 5.32 Å². The van der Waals surface area contributed by atoms with Crippen LogP contribution in [0.5, 0.6) is 0 Å². The monoisotopic (exact) mass is 325 g/mol. The molecule has 0 bridgehead atoms. The van der Waals surface area contributed by atoms with Gasteiger partial charge in [-0.25, -0.2) is 8.42 Å². The first-order chi connectivity index (χ1) is 10.4. The van der Waals surface area contributed by atoms with Gasteiger partial charge in [-0.1, -0.05) is 12.1 Å². The van der Waals surface area contributed by atoms with Crippen molar-refractivity contribution in [3.05, 3.63) is 34.4 Å². The van der Waals surface area contributed by atoms with E-state index in [1.54, 1.807) is 0 Å². The van der Waals surface area contributed by atoms with Crippen LogP contribution in [0.3, 0.4) is 0 Å². The molecule has 2 aliphatic heterocycles. The zero-order valence-corrected chi connectivity index (χ0v) is 13.0. The second-order valence-corrected chi connectivity index (χ2v) is 8.00. The summed E-state index contributed by atoms with van der Waals surface area (Å²) >= 11 is 0. The number of piperidine rings is 1. The van der Waals surface area contributed by atoms with Gasteiger partial charge >= 0.3 is 0 Å². The maximum Gasteiger partial charge on any atom is 0.289 e. The van der Waals surface area contributed by atoms with Crippen molar-refractivity contribution in [3.63, 3.8) is 0 Å². The lowest BCUT2D eigenvalue weighted by molar-refractivity contribution is -0.387. The zero-order chi connectivity index (χ0) is 15.8. The van der Waals surface area contributed by atoms with Gasteiger partial charge in [0, 0.05) is 25.7 Å². The summed E-state index contributed by atoms with van der Waals surface area (Å²) in [6, 6.07) is 5.56. The molecule has 0 aromatic heterocycles. The highest BCUT2D eigenvalue weighted by Crippen LogP contribution is 2.39. The van der Waals surface area contributed by atoms with Gasteiger partial charge in [0.1, 0.15) is 0 Å². The lowest BCUT2D eigenvalue weighted by Gasteiger charge is -2.33. The standard InChI is InChI=1S/C14H19N3O4S/c18-17(19)12-4-1-2-5-13(12)22(20,21)16-9-7-14(11-16)6-3-8-15-10-14/h1-2,4-5,15H,3,6-11H2. The van der Waals surface area contributed by atoms with Crippen LogP contribution in [-0.4, -0.2) is 43.8 Å². The van der Waals surface area contributed by atoms with Crippen molar-refractivity contribution in [1.29, 1.82) is 0 Å². The maximum absolute atomic E-state index is 12.8. The Labute approximate surface area is 129 Å². The van der Waals surface area contributed by atoms with E-state index in [0.29, 0.717) is 13.1 Å². The Morgan fingerprint density at radius 1 is 1.27 bits per heavy atom. The highest BCUT2D eigenvalue weighted by molar-refractivity contribution is 7.89. The van der Waals surface area contributed by atoms with Gasteiger partial charge in [0.2, 0.25) is 10.0 Å². The summed E-state index contributed by atoms with van der Waals surface area (Å²) in [7, 11) is -3.83. The molecule has 1 spiro atoms. The Balaban J connectivity index is 1.90. The molecule has 2 saturated heterocycles. The van der Waals surface area contributed by atoms with E-state index in [1.165, 1.54) is 28.6 Å². The lowest BCUT2D eigenvalue weighted by Crippen LogP contribution is -2.42. The van der Waals surface area contributed by atoms with Crippen LogP contribution < -0.4 is 5.32 Å². The summed E-state index contributed by atoms with van der Waals surface area (Å²) in [5.74, 6) is 0. The van der Waals surface area contributed by atoms with E-state index in [-0.39, 0.29) is 16.0 Å². The number of rotatable bonds is 3. The van der Waals surface area contributed by atoms with E-state index in [1.807, 2.05) is 0 Å². The first-order valence-corrected chi connectivity index (χ1v) is 8.83. The molecule has 0 aliphatic carbocycles. The Kier molecular flexibility index (Phi) is 3.92. The van der Waals surface area contributed by atoms with Gasteiger partial charge in [0.15, 0.2) is 4.90 Å². The highest BCUT2D eigenvalue weighted by atomic mass is 32.2. The van der Waals surface area contributed by atoms with Crippen molar-refractivity contribution in [3.8, 4) is 0 Å². The van der Waals surface area contributed by atoms with Crippen LogP contribution in [0.15, 0.2) is 29.2 Å². The molecule has 2 aliphatic rings. The van der Waals surface area contributed by atoms with Crippen molar-refractivity contribution in [2.24, 2.45) is 5.41 Å². The molecule has 120 valence electrons. The van der Waals surface area contributed by atoms with E-state index < -0.39 is 14.9 Å². The third kappa shape index (κ3) is 2.62. The number of hydrogen-bond donors (Lipinski definition) is 1. The summed E-state index contributed by atoms with van der Waals surface area (Å²) in [5.41, 5.74) is -0.375. The van der Waals surface area contributed by atoms with E-state index in [2.05, 4.69) is 5.32 Å². The Morgan fingerprint density at radius 3 is 2.73 bits per heavy atom. The number of sulfonamides is 1. The SMILES string of the molecule is O=[N+]([O-])c1ccccc1S(=O)(=O)N1CCC2(CCCNC2)C1. The van der Waals surface area contributed by atoms with E-state index in [4.69, 9.17) is 0 Å². The first kappa shape index (κ1) is 15.4. The molecular formula is C14H19N3O4S. The molecule has 8 heteroatoms. The van der Waals surface area contributed by atoms with Gasteiger partial charge in [0.05, 0.1) is 4.92 Å². The smallest absolute Gasteiger partial charge is 0.289 e. The second-order valence-electron chi connectivity index (χ2n) is 6.09. The fourth-order valence-corrected chi connectivity index (χ4v) is 5.15. The summed E-state index contributed by atoms with van der Waals surface area (Å²) in [5, 5.41) is 14.4. The summed E-state index contributed by atoms with van der Waals surface area (Å²) < 4.78 is 27.0. The fourth-order valence-electron chi connectivity index (χ4n) is 3.44. The molecule has 1 atom stereocenters. The molecule has 2 heterocycles. The number of benzene rings is 1. The van der Waals surface area contributed by atoms with Crippen molar-refractivity contribution in [1.82, 2.24) is 9.62 Å². The van der Waals surface area contributed by atoms with Crippen molar-refractivity contribution >= 4 is 15.7 Å². The van der Waals surface area contributed by atoms with Crippen molar-refractivity contribution < 1.29 is 13.3 Å². The van der Waals surface area contributed by atoms with Gasteiger partial charge in [-0.3, -0.25) is 10.1 Å². The average Bonchev–Trinajstić information content (AvgIpc) is 2.92. The van der Waals surface area contributed by atoms with Crippen LogP contribution in [0.25, 0.3) is 0 Å². The Morgan fingerprint density at radius 2 is 2.05 bits per heavy atom. The third-order valence-electron chi connectivity index (χ3n) is 4.64. The summed E-state index contributed by atoms with van der Waals surface area (Å²) in [6.07, 6.45) is 2.85. The van der Waals surface area contributed by atoms with E-state index in [9.17, 15) is 18.5 Å². The minimum atomic E-state index is -3.83. The molecule has 1 aromatic rings. The molecule has 22 heavy (non-hydrogen) atoms. The van der Waals surface area contributed by atoms with Gasteiger partial charge in [0.25, 0.3) is 5.69 Å². The number of nitrogens with one attached hydrogen (secondary N) is 1. The van der Waals surface area contributed by atoms with E-state index >= 15 is 0 Å². The Bertz CT molecular complexity index is 683.